The number of nitrogens with one attached hydrogen (secondary N) is 1. The summed E-state index contributed by atoms with van der Waals surface area (Å²) in [6.45, 7) is 2.12. The van der Waals surface area contributed by atoms with Crippen molar-refractivity contribution < 1.29 is 9.53 Å². The molecule has 5 heteroatoms. The second kappa shape index (κ2) is 5.89. The highest BCUT2D eigenvalue weighted by atomic mass is 16.5. The summed E-state index contributed by atoms with van der Waals surface area (Å²) in [5, 5.41) is 6.99. The molecule has 112 valence electrons. The number of rotatable bonds is 4. The van der Waals surface area contributed by atoms with E-state index < -0.39 is 5.97 Å². The number of hydrogen-bond acceptors (Lipinski definition) is 3. The average molecular weight is 295 g/mol. The monoisotopic (exact) mass is 295 g/mol. The Morgan fingerprint density at radius 3 is 2.68 bits per heavy atom. The number of carbonyl (C=O) groups excluding carboxylic acids is 1. The summed E-state index contributed by atoms with van der Waals surface area (Å²) < 4.78 is 6.96. The molecule has 0 saturated heterocycles. The van der Waals surface area contributed by atoms with Crippen LogP contribution in [-0.4, -0.2) is 27.3 Å². The molecule has 0 aliphatic heterocycles. The van der Waals surface area contributed by atoms with E-state index in [2.05, 4.69) is 22.3 Å². The summed E-state index contributed by atoms with van der Waals surface area (Å²) >= 11 is 0. The third kappa shape index (κ3) is 2.65. The molecule has 0 aliphatic carbocycles. The van der Waals surface area contributed by atoms with Crippen molar-refractivity contribution >= 4 is 5.97 Å². The van der Waals surface area contributed by atoms with Crippen LogP contribution in [0.4, 0.5) is 0 Å². The predicted octanol–water partition coefficient (Wildman–Crippen LogP) is 3.26. The second-order valence-corrected chi connectivity index (χ2v) is 5.00. The summed E-state index contributed by atoms with van der Waals surface area (Å²) in [5.41, 5.74) is 4.24. The smallest absolute Gasteiger partial charge is 0.356 e. The Morgan fingerprint density at radius 2 is 1.95 bits per heavy atom. The first-order valence-corrected chi connectivity index (χ1v) is 7.13. The Balaban J connectivity index is 2.01. The van der Waals surface area contributed by atoms with Gasteiger partial charge in [0.25, 0.3) is 0 Å². The Kier molecular flexibility index (Phi) is 3.78. The van der Waals surface area contributed by atoms with Crippen LogP contribution in [0, 0.1) is 0 Å². The van der Waals surface area contributed by atoms with Gasteiger partial charge < -0.3 is 9.30 Å². The zero-order valence-corrected chi connectivity index (χ0v) is 12.5. The van der Waals surface area contributed by atoms with E-state index in [9.17, 15) is 4.79 Å². The Morgan fingerprint density at radius 1 is 1.23 bits per heavy atom. The minimum Gasteiger partial charge on any atom is -0.461 e. The van der Waals surface area contributed by atoms with Gasteiger partial charge in [0.2, 0.25) is 0 Å². The number of carbonyl (C=O) groups is 1. The first kappa shape index (κ1) is 14.1. The summed E-state index contributed by atoms with van der Waals surface area (Å²) in [5.74, 6) is -0.390. The van der Waals surface area contributed by atoms with Crippen molar-refractivity contribution in [1.82, 2.24) is 14.8 Å². The minimum absolute atomic E-state index is 0.341. The quantitative estimate of drug-likeness (QED) is 0.752. The van der Waals surface area contributed by atoms with E-state index in [1.54, 1.807) is 13.0 Å². The fraction of sp³-hybridized carbons (Fsp3) is 0.176. The fourth-order valence-corrected chi connectivity index (χ4v) is 2.41. The second-order valence-electron chi connectivity index (χ2n) is 5.00. The number of ether oxygens (including phenoxy) is 1. The van der Waals surface area contributed by atoms with Gasteiger partial charge in [-0.05, 0) is 18.6 Å². The molecule has 1 aromatic carbocycles. The molecule has 3 aromatic rings. The highest BCUT2D eigenvalue weighted by Gasteiger charge is 2.16. The molecule has 0 saturated carbocycles. The van der Waals surface area contributed by atoms with Gasteiger partial charge in [0, 0.05) is 30.6 Å². The maximum absolute atomic E-state index is 11.8. The van der Waals surface area contributed by atoms with Gasteiger partial charge >= 0.3 is 5.97 Å². The van der Waals surface area contributed by atoms with E-state index in [1.165, 1.54) is 0 Å². The summed E-state index contributed by atoms with van der Waals surface area (Å²) in [6.07, 6.45) is 4.04. The molecule has 0 spiro atoms. The molecule has 0 amide bonds. The molecule has 0 unspecified atom stereocenters. The summed E-state index contributed by atoms with van der Waals surface area (Å²) in [7, 11) is 1.97. The van der Waals surface area contributed by atoms with E-state index in [1.807, 2.05) is 42.2 Å². The molecule has 5 nitrogen and oxygen atoms in total. The molecule has 2 aromatic heterocycles. The van der Waals surface area contributed by atoms with Crippen molar-refractivity contribution in [3.8, 4) is 22.4 Å². The van der Waals surface area contributed by atoms with Gasteiger partial charge in [0.05, 0.1) is 12.3 Å². The highest BCUT2D eigenvalue weighted by molar-refractivity contribution is 5.90. The fourth-order valence-electron chi connectivity index (χ4n) is 2.41. The lowest BCUT2D eigenvalue weighted by molar-refractivity contribution is 0.0519. The van der Waals surface area contributed by atoms with E-state index in [0.29, 0.717) is 12.3 Å². The van der Waals surface area contributed by atoms with Crippen molar-refractivity contribution in [3.63, 3.8) is 0 Å². The number of aryl methyl sites for hydroxylation is 1. The summed E-state index contributed by atoms with van der Waals surface area (Å²) in [6, 6.07) is 11.8. The van der Waals surface area contributed by atoms with Crippen LogP contribution in [0.25, 0.3) is 22.4 Å². The first-order valence-electron chi connectivity index (χ1n) is 7.13. The molecular formula is C17H17N3O2. The number of H-pyrrole nitrogens is 1. The number of benzene rings is 1. The lowest BCUT2D eigenvalue weighted by Gasteiger charge is -2.00. The Bertz CT molecular complexity index is 787. The van der Waals surface area contributed by atoms with Crippen LogP contribution >= 0.6 is 0 Å². The molecule has 0 radical (unpaired) electrons. The van der Waals surface area contributed by atoms with Crippen molar-refractivity contribution in [2.75, 3.05) is 6.61 Å². The predicted molar refractivity (Wildman–Crippen MR) is 84.4 cm³/mol. The maximum atomic E-state index is 11.8. The van der Waals surface area contributed by atoms with Gasteiger partial charge in [-0.25, -0.2) is 4.79 Å². The van der Waals surface area contributed by atoms with Gasteiger partial charge in [-0.1, -0.05) is 30.3 Å². The van der Waals surface area contributed by atoms with Crippen LogP contribution in [0.2, 0.25) is 0 Å². The van der Waals surface area contributed by atoms with Crippen LogP contribution in [0.3, 0.4) is 0 Å². The third-order valence-electron chi connectivity index (χ3n) is 3.39. The van der Waals surface area contributed by atoms with Crippen LogP contribution < -0.4 is 0 Å². The zero-order valence-electron chi connectivity index (χ0n) is 12.5. The third-order valence-corrected chi connectivity index (χ3v) is 3.39. The van der Waals surface area contributed by atoms with Crippen molar-refractivity contribution in [1.29, 1.82) is 0 Å². The number of aromatic amines is 1. The Hall–Kier alpha value is -2.82. The van der Waals surface area contributed by atoms with Gasteiger partial charge in [-0.3, -0.25) is 5.10 Å². The van der Waals surface area contributed by atoms with E-state index in [-0.39, 0.29) is 0 Å². The van der Waals surface area contributed by atoms with Crippen LogP contribution in [0.15, 0.2) is 48.8 Å². The summed E-state index contributed by atoms with van der Waals surface area (Å²) in [4.78, 5) is 11.8. The minimum atomic E-state index is -0.390. The van der Waals surface area contributed by atoms with Gasteiger partial charge in [0.15, 0.2) is 0 Å². The van der Waals surface area contributed by atoms with Gasteiger partial charge in [-0.2, -0.15) is 5.10 Å². The van der Waals surface area contributed by atoms with Crippen LogP contribution in [0.5, 0.6) is 0 Å². The SMILES string of the molecule is CCOC(=O)c1cc(-c2cn(C)cc2-c2ccccc2)n[nH]1. The van der Waals surface area contributed by atoms with Crippen LogP contribution in [0.1, 0.15) is 17.4 Å². The molecule has 0 atom stereocenters. The number of esters is 1. The topological polar surface area (TPSA) is 59.9 Å². The first-order chi connectivity index (χ1) is 10.7. The molecule has 2 heterocycles. The van der Waals surface area contributed by atoms with E-state index >= 15 is 0 Å². The molecular weight excluding hydrogens is 278 g/mol. The molecule has 1 N–H and O–H groups in total. The van der Waals surface area contributed by atoms with Crippen molar-refractivity contribution in [2.24, 2.45) is 7.05 Å². The average Bonchev–Trinajstić information content (AvgIpc) is 3.15. The molecule has 0 fully saturated rings. The molecule has 0 bridgehead atoms. The number of hydrogen-bond donors (Lipinski definition) is 1. The largest absolute Gasteiger partial charge is 0.461 e. The van der Waals surface area contributed by atoms with Gasteiger partial charge in [0.1, 0.15) is 5.69 Å². The maximum Gasteiger partial charge on any atom is 0.356 e. The number of nitrogens with zero attached hydrogens (tertiary/aromatic N) is 2. The normalized spacial score (nSPS) is 10.6. The van der Waals surface area contributed by atoms with Crippen LogP contribution in [-0.2, 0) is 11.8 Å². The lowest BCUT2D eigenvalue weighted by Crippen LogP contribution is -2.04. The zero-order chi connectivity index (χ0) is 15.5. The lowest BCUT2D eigenvalue weighted by atomic mass is 10.0. The highest BCUT2D eigenvalue weighted by Crippen LogP contribution is 2.32. The van der Waals surface area contributed by atoms with E-state index in [0.717, 1.165) is 22.4 Å². The van der Waals surface area contributed by atoms with Crippen molar-refractivity contribution in [2.45, 2.75) is 6.92 Å². The van der Waals surface area contributed by atoms with Gasteiger partial charge in [-0.15, -0.1) is 0 Å². The molecule has 0 aliphatic rings. The standard InChI is InChI=1S/C17H17N3O2/c1-3-22-17(21)16-9-15(18-19-16)14-11-20(2)10-13(14)12-7-5-4-6-8-12/h4-11H,3H2,1-2H3,(H,18,19). The number of aromatic nitrogens is 3. The molecule has 22 heavy (non-hydrogen) atoms. The van der Waals surface area contributed by atoms with Crippen molar-refractivity contribution in [3.05, 3.63) is 54.5 Å². The molecule has 3 rings (SSSR count). The van der Waals surface area contributed by atoms with E-state index in [4.69, 9.17) is 4.74 Å². The Labute approximate surface area is 128 Å².